The van der Waals surface area contributed by atoms with Crippen LogP contribution < -0.4 is 16.0 Å². The predicted octanol–water partition coefficient (Wildman–Crippen LogP) is -0.127. The van der Waals surface area contributed by atoms with E-state index in [1.165, 1.54) is 0 Å². The third-order valence-corrected chi connectivity index (χ3v) is 2.79. The molecule has 17 heavy (non-hydrogen) atoms. The van der Waals surface area contributed by atoms with E-state index in [9.17, 15) is 9.59 Å². The van der Waals surface area contributed by atoms with Gasteiger partial charge in [0.05, 0.1) is 12.5 Å². The Balaban J connectivity index is 2.31. The van der Waals surface area contributed by atoms with Crippen LogP contribution in [0.4, 0.5) is 0 Å². The summed E-state index contributed by atoms with van der Waals surface area (Å²) in [5, 5.41) is 8.66. The summed E-state index contributed by atoms with van der Waals surface area (Å²) < 4.78 is 0. The van der Waals surface area contributed by atoms with Crippen LogP contribution in [-0.4, -0.2) is 37.0 Å². The van der Waals surface area contributed by atoms with E-state index in [1.807, 2.05) is 27.7 Å². The number of carbonyl (C=O) groups is 2. The standard InChI is InChI=1S/C12H23N3O2/c1-8-5-13-6-9(8)11(17)14-7-10(16)15-12(2,3)4/h8-9,13H,5-7H2,1-4H3,(H,14,17)(H,15,16). The van der Waals surface area contributed by atoms with Crippen molar-refractivity contribution in [2.24, 2.45) is 11.8 Å². The summed E-state index contributed by atoms with van der Waals surface area (Å²) in [6.07, 6.45) is 0. The molecular formula is C12H23N3O2. The molecule has 1 rings (SSSR count). The monoisotopic (exact) mass is 241 g/mol. The topological polar surface area (TPSA) is 70.2 Å². The van der Waals surface area contributed by atoms with Crippen molar-refractivity contribution in [2.75, 3.05) is 19.6 Å². The van der Waals surface area contributed by atoms with Gasteiger partial charge in [-0.3, -0.25) is 9.59 Å². The van der Waals surface area contributed by atoms with E-state index in [2.05, 4.69) is 16.0 Å². The number of nitrogens with one attached hydrogen (secondary N) is 3. The van der Waals surface area contributed by atoms with Crippen molar-refractivity contribution >= 4 is 11.8 Å². The van der Waals surface area contributed by atoms with Crippen molar-refractivity contribution in [1.29, 1.82) is 0 Å². The fourth-order valence-corrected chi connectivity index (χ4v) is 1.92. The van der Waals surface area contributed by atoms with E-state index >= 15 is 0 Å². The smallest absolute Gasteiger partial charge is 0.239 e. The first-order valence-electron chi connectivity index (χ1n) is 6.09. The van der Waals surface area contributed by atoms with Crippen LogP contribution in [0.5, 0.6) is 0 Å². The van der Waals surface area contributed by atoms with Gasteiger partial charge in [0, 0.05) is 12.1 Å². The summed E-state index contributed by atoms with van der Waals surface area (Å²) in [5.41, 5.74) is -0.260. The Labute approximate surface area is 103 Å². The molecule has 2 unspecified atom stereocenters. The number of hydrogen-bond donors (Lipinski definition) is 3. The van der Waals surface area contributed by atoms with Crippen molar-refractivity contribution in [2.45, 2.75) is 33.2 Å². The van der Waals surface area contributed by atoms with E-state index in [0.717, 1.165) is 6.54 Å². The predicted molar refractivity (Wildman–Crippen MR) is 66.4 cm³/mol. The average Bonchev–Trinajstić information content (AvgIpc) is 2.58. The molecule has 1 saturated heterocycles. The highest BCUT2D eigenvalue weighted by Gasteiger charge is 2.29. The lowest BCUT2D eigenvalue weighted by Gasteiger charge is -2.21. The Morgan fingerprint density at radius 3 is 2.41 bits per heavy atom. The molecule has 0 aliphatic carbocycles. The number of amides is 2. The first-order chi connectivity index (χ1) is 7.79. The largest absolute Gasteiger partial charge is 0.350 e. The van der Waals surface area contributed by atoms with Gasteiger partial charge in [0.1, 0.15) is 0 Å². The lowest BCUT2D eigenvalue weighted by Crippen LogP contribution is -2.47. The van der Waals surface area contributed by atoms with Crippen LogP contribution in [0.2, 0.25) is 0 Å². The van der Waals surface area contributed by atoms with Crippen LogP contribution in [-0.2, 0) is 9.59 Å². The lowest BCUT2D eigenvalue weighted by molar-refractivity contribution is -0.129. The maximum absolute atomic E-state index is 11.8. The molecule has 1 fully saturated rings. The van der Waals surface area contributed by atoms with Gasteiger partial charge in [0.15, 0.2) is 0 Å². The molecule has 1 aliphatic rings. The molecule has 2 atom stereocenters. The molecule has 3 N–H and O–H groups in total. The third kappa shape index (κ3) is 4.73. The van der Waals surface area contributed by atoms with Gasteiger partial charge in [-0.15, -0.1) is 0 Å². The highest BCUT2D eigenvalue weighted by molar-refractivity contribution is 5.86. The van der Waals surface area contributed by atoms with E-state index in [4.69, 9.17) is 0 Å². The Morgan fingerprint density at radius 2 is 1.94 bits per heavy atom. The van der Waals surface area contributed by atoms with Gasteiger partial charge in [-0.1, -0.05) is 6.92 Å². The summed E-state index contributed by atoms with van der Waals surface area (Å²) in [6.45, 7) is 9.40. The molecular weight excluding hydrogens is 218 g/mol. The summed E-state index contributed by atoms with van der Waals surface area (Å²) in [7, 11) is 0. The minimum Gasteiger partial charge on any atom is -0.350 e. The summed E-state index contributed by atoms with van der Waals surface area (Å²) in [5.74, 6) is 0.133. The van der Waals surface area contributed by atoms with Crippen molar-refractivity contribution in [3.05, 3.63) is 0 Å². The quantitative estimate of drug-likeness (QED) is 0.645. The molecule has 1 heterocycles. The molecule has 2 amide bonds. The zero-order valence-corrected chi connectivity index (χ0v) is 11.1. The van der Waals surface area contributed by atoms with Gasteiger partial charge in [-0.05, 0) is 33.2 Å². The van der Waals surface area contributed by atoms with E-state index in [-0.39, 0.29) is 29.8 Å². The highest BCUT2D eigenvalue weighted by atomic mass is 16.2. The molecule has 0 aromatic rings. The second-order valence-corrected chi connectivity index (χ2v) is 5.76. The number of rotatable bonds is 3. The fraction of sp³-hybridized carbons (Fsp3) is 0.833. The van der Waals surface area contributed by atoms with Crippen molar-refractivity contribution < 1.29 is 9.59 Å². The molecule has 1 aliphatic heterocycles. The first-order valence-corrected chi connectivity index (χ1v) is 6.09. The van der Waals surface area contributed by atoms with Gasteiger partial charge in [0.2, 0.25) is 11.8 Å². The average molecular weight is 241 g/mol. The Bertz CT molecular complexity index is 297. The summed E-state index contributed by atoms with van der Waals surface area (Å²) >= 11 is 0. The molecule has 0 spiro atoms. The van der Waals surface area contributed by atoms with Crippen molar-refractivity contribution in [1.82, 2.24) is 16.0 Å². The minimum atomic E-state index is -0.260. The first kappa shape index (κ1) is 14.0. The molecule has 0 saturated carbocycles. The van der Waals surface area contributed by atoms with Crippen LogP contribution in [0.3, 0.4) is 0 Å². The van der Waals surface area contributed by atoms with E-state index in [0.29, 0.717) is 12.5 Å². The van der Waals surface area contributed by atoms with Gasteiger partial charge >= 0.3 is 0 Å². The van der Waals surface area contributed by atoms with Crippen LogP contribution in [0, 0.1) is 11.8 Å². The van der Waals surface area contributed by atoms with Crippen LogP contribution in [0.25, 0.3) is 0 Å². The van der Waals surface area contributed by atoms with Gasteiger partial charge in [0.25, 0.3) is 0 Å². The lowest BCUT2D eigenvalue weighted by atomic mass is 9.97. The van der Waals surface area contributed by atoms with Crippen LogP contribution in [0.15, 0.2) is 0 Å². The molecule has 0 radical (unpaired) electrons. The second kappa shape index (κ2) is 5.49. The van der Waals surface area contributed by atoms with Gasteiger partial charge in [-0.25, -0.2) is 0 Å². The maximum atomic E-state index is 11.8. The van der Waals surface area contributed by atoms with Crippen molar-refractivity contribution in [3.8, 4) is 0 Å². The number of carbonyl (C=O) groups excluding carboxylic acids is 2. The highest BCUT2D eigenvalue weighted by Crippen LogP contribution is 2.15. The fourth-order valence-electron chi connectivity index (χ4n) is 1.92. The SMILES string of the molecule is CC1CNCC1C(=O)NCC(=O)NC(C)(C)C. The molecule has 5 heteroatoms. The zero-order chi connectivity index (χ0) is 13.1. The summed E-state index contributed by atoms with van der Waals surface area (Å²) in [4.78, 5) is 23.3. The zero-order valence-electron chi connectivity index (χ0n) is 11.1. The second-order valence-electron chi connectivity index (χ2n) is 5.76. The molecule has 0 aromatic carbocycles. The Kier molecular flexibility index (Phi) is 4.51. The van der Waals surface area contributed by atoms with Gasteiger partial charge < -0.3 is 16.0 Å². The van der Waals surface area contributed by atoms with E-state index < -0.39 is 0 Å². The normalized spacial score (nSPS) is 24.5. The maximum Gasteiger partial charge on any atom is 0.239 e. The third-order valence-electron chi connectivity index (χ3n) is 2.79. The molecule has 0 bridgehead atoms. The Hall–Kier alpha value is -1.10. The van der Waals surface area contributed by atoms with Crippen LogP contribution in [0.1, 0.15) is 27.7 Å². The molecule has 98 valence electrons. The molecule has 5 nitrogen and oxygen atoms in total. The molecule has 0 aromatic heterocycles. The van der Waals surface area contributed by atoms with Crippen LogP contribution >= 0.6 is 0 Å². The van der Waals surface area contributed by atoms with Gasteiger partial charge in [-0.2, -0.15) is 0 Å². The number of hydrogen-bond acceptors (Lipinski definition) is 3. The Morgan fingerprint density at radius 1 is 1.29 bits per heavy atom. The van der Waals surface area contributed by atoms with E-state index in [1.54, 1.807) is 0 Å². The minimum absolute atomic E-state index is 0.0163. The van der Waals surface area contributed by atoms with Crippen molar-refractivity contribution in [3.63, 3.8) is 0 Å². The summed E-state index contributed by atoms with van der Waals surface area (Å²) in [6, 6.07) is 0.